The molecule has 1 amide bonds. The molecular formula is C12H15BrFN3O2. The lowest BCUT2D eigenvalue weighted by molar-refractivity contribution is 0.0767. The average Bonchev–Trinajstić information content (AvgIpc) is 2.41. The highest BCUT2D eigenvalue weighted by atomic mass is 79.9. The highest BCUT2D eigenvalue weighted by molar-refractivity contribution is 9.10. The monoisotopic (exact) mass is 331 g/mol. The minimum Gasteiger partial charge on any atom is -0.409 e. The Hall–Kier alpha value is -1.63. The van der Waals surface area contributed by atoms with E-state index in [1.165, 1.54) is 17.0 Å². The quantitative estimate of drug-likeness (QED) is 0.375. The minimum atomic E-state index is -0.488. The number of oxime groups is 1. The van der Waals surface area contributed by atoms with Crippen molar-refractivity contribution >= 4 is 27.7 Å². The molecule has 0 aromatic heterocycles. The van der Waals surface area contributed by atoms with Crippen LogP contribution < -0.4 is 5.73 Å². The predicted molar refractivity (Wildman–Crippen MR) is 73.7 cm³/mol. The maximum atomic E-state index is 13.4. The van der Waals surface area contributed by atoms with Gasteiger partial charge in [-0.1, -0.05) is 11.2 Å². The van der Waals surface area contributed by atoms with Crippen molar-refractivity contribution in [1.82, 2.24) is 4.90 Å². The molecule has 0 saturated carbocycles. The lowest BCUT2D eigenvalue weighted by atomic mass is 10.2. The zero-order valence-electron chi connectivity index (χ0n) is 10.4. The summed E-state index contributed by atoms with van der Waals surface area (Å²) in [7, 11) is 0. The van der Waals surface area contributed by atoms with Crippen LogP contribution in [0.1, 0.15) is 23.7 Å². The van der Waals surface area contributed by atoms with Gasteiger partial charge in [-0.3, -0.25) is 4.79 Å². The Bertz CT molecular complexity index is 494. The van der Waals surface area contributed by atoms with Crippen LogP contribution in [-0.4, -0.2) is 34.9 Å². The number of rotatable bonds is 5. The highest BCUT2D eigenvalue weighted by Crippen LogP contribution is 2.21. The van der Waals surface area contributed by atoms with Gasteiger partial charge in [0.2, 0.25) is 0 Å². The van der Waals surface area contributed by atoms with Gasteiger partial charge in [0.25, 0.3) is 5.91 Å². The molecule has 19 heavy (non-hydrogen) atoms. The number of carbonyl (C=O) groups is 1. The molecule has 7 heteroatoms. The lowest BCUT2D eigenvalue weighted by Gasteiger charge is -2.21. The van der Waals surface area contributed by atoms with E-state index in [0.29, 0.717) is 13.1 Å². The highest BCUT2D eigenvalue weighted by Gasteiger charge is 2.18. The fourth-order valence-electron chi connectivity index (χ4n) is 1.54. The first-order valence-corrected chi connectivity index (χ1v) is 6.50. The van der Waals surface area contributed by atoms with Crippen LogP contribution in [0.2, 0.25) is 0 Å². The summed E-state index contributed by atoms with van der Waals surface area (Å²) >= 11 is 3.06. The summed E-state index contributed by atoms with van der Waals surface area (Å²) in [5.41, 5.74) is 5.61. The third kappa shape index (κ3) is 3.92. The maximum absolute atomic E-state index is 13.4. The third-order valence-electron chi connectivity index (χ3n) is 2.62. The Morgan fingerprint density at radius 3 is 2.84 bits per heavy atom. The van der Waals surface area contributed by atoms with Gasteiger partial charge in [-0.2, -0.15) is 0 Å². The molecule has 1 aromatic rings. The van der Waals surface area contributed by atoms with E-state index in [2.05, 4.69) is 21.1 Å². The Morgan fingerprint density at radius 2 is 2.26 bits per heavy atom. The second-order valence-electron chi connectivity index (χ2n) is 3.83. The minimum absolute atomic E-state index is 0.0459. The van der Waals surface area contributed by atoms with E-state index in [-0.39, 0.29) is 28.2 Å². The number of hydrogen-bond donors (Lipinski definition) is 2. The van der Waals surface area contributed by atoms with Gasteiger partial charge in [0, 0.05) is 19.5 Å². The third-order valence-corrected chi connectivity index (χ3v) is 3.42. The molecule has 0 fully saturated rings. The van der Waals surface area contributed by atoms with Crippen LogP contribution in [0.25, 0.3) is 0 Å². The summed E-state index contributed by atoms with van der Waals surface area (Å²) in [5.74, 6) is -0.748. The second kappa shape index (κ2) is 7.08. The van der Waals surface area contributed by atoms with Crippen molar-refractivity contribution in [3.8, 4) is 0 Å². The van der Waals surface area contributed by atoms with Gasteiger partial charge in [-0.15, -0.1) is 0 Å². The molecule has 0 aliphatic rings. The SMILES string of the molecule is CCN(CC/C(N)=N/O)C(=O)c1cccc(F)c1Br. The number of nitrogens with zero attached hydrogens (tertiary/aromatic N) is 2. The van der Waals surface area contributed by atoms with Gasteiger partial charge in [-0.05, 0) is 35.0 Å². The first-order valence-electron chi connectivity index (χ1n) is 5.71. The van der Waals surface area contributed by atoms with Crippen molar-refractivity contribution in [3.63, 3.8) is 0 Å². The largest absolute Gasteiger partial charge is 0.409 e. The van der Waals surface area contributed by atoms with Gasteiger partial charge in [0.05, 0.1) is 10.0 Å². The molecule has 1 aromatic carbocycles. The molecule has 0 bridgehead atoms. The van der Waals surface area contributed by atoms with Gasteiger partial charge in [-0.25, -0.2) is 4.39 Å². The number of amides is 1. The summed E-state index contributed by atoms with van der Waals surface area (Å²) in [6.07, 6.45) is 0.253. The molecular weight excluding hydrogens is 317 g/mol. The van der Waals surface area contributed by atoms with Gasteiger partial charge in [0.1, 0.15) is 11.7 Å². The summed E-state index contributed by atoms with van der Waals surface area (Å²) in [6, 6.07) is 4.29. The van der Waals surface area contributed by atoms with E-state index in [4.69, 9.17) is 10.9 Å². The summed E-state index contributed by atoms with van der Waals surface area (Å²) in [4.78, 5) is 13.7. The van der Waals surface area contributed by atoms with Crippen LogP contribution in [0.5, 0.6) is 0 Å². The van der Waals surface area contributed by atoms with Crippen LogP contribution in [0.15, 0.2) is 27.8 Å². The molecule has 1 rings (SSSR count). The van der Waals surface area contributed by atoms with Crippen molar-refractivity contribution < 1.29 is 14.4 Å². The zero-order chi connectivity index (χ0) is 14.4. The molecule has 0 atom stereocenters. The topological polar surface area (TPSA) is 78.9 Å². The Balaban J connectivity index is 2.87. The van der Waals surface area contributed by atoms with E-state index >= 15 is 0 Å². The van der Waals surface area contributed by atoms with E-state index < -0.39 is 5.82 Å². The van der Waals surface area contributed by atoms with Gasteiger partial charge < -0.3 is 15.8 Å². The van der Waals surface area contributed by atoms with Crippen LogP contribution >= 0.6 is 15.9 Å². The molecule has 0 saturated heterocycles. The average molecular weight is 332 g/mol. The zero-order valence-corrected chi connectivity index (χ0v) is 12.0. The number of benzene rings is 1. The standard InChI is InChI=1S/C12H15BrFN3O2/c1-2-17(7-6-10(15)16-19)12(18)8-4-3-5-9(14)11(8)13/h3-5,19H,2,6-7H2,1H3,(H2,15,16). The van der Waals surface area contributed by atoms with Crippen molar-refractivity contribution in [2.45, 2.75) is 13.3 Å². The van der Waals surface area contributed by atoms with E-state index in [1.54, 1.807) is 13.0 Å². The molecule has 0 aliphatic carbocycles. The fraction of sp³-hybridized carbons (Fsp3) is 0.333. The van der Waals surface area contributed by atoms with Gasteiger partial charge in [0.15, 0.2) is 0 Å². The second-order valence-corrected chi connectivity index (χ2v) is 4.62. The fourth-order valence-corrected chi connectivity index (χ4v) is 1.98. The molecule has 104 valence electrons. The number of halogens is 2. The van der Waals surface area contributed by atoms with E-state index in [1.807, 2.05) is 0 Å². The number of amidine groups is 1. The summed E-state index contributed by atoms with van der Waals surface area (Å²) in [6.45, 7) is 2.55. The molecule has 0 aliphatic heterocycles. The van der Waals surface area contributed by atoms with E-state index in [9.17, 15) is 9.18 Å². The summed E-state index contributed by atoms with van der Waals surface area (Å²) < 4.78 is 13.5. The summed E-state index contributed by atoms with van der Waals surface area (Å²) in [5, 5.41) is 11.3. The van der Waals surface area contributed by atoms with Gasteiger partial charge >= 0.3 is 0 Å². The molecule has 0 spiro atoms. The molecule has 0 heterocycles. The Morgan fingerprint density at radius 1 is 1.58 bits per heavy atom. The normalized spacial score (nSPS) is 11.4. The van der Waals surface area contributed by atoms with Crippen LogP contribution in [0, 0.1) is 5.82 Å². The molecule has 3 N–H and O–H groups in total. The van der Waals surface area contributed by atoms with E-state index in [0.717, 1.165) is 0 Å². The maximum Gasteiger partial charge on any atom is 0.255 e. The molecule has 5 nitrogen and oxygen atoms in total. The predicted octanol–water partition coefficient (Wildman–Crippen LogP) is 2.19. The lowest BCUT2D eigenvalue weighted by Crippen LogP contribution is -2.34. The van der Waals surface area contributed by atoms with Crippen LogP contribution in [-0.2, 0) is 0 Å². The Kier molecular flexibility index (Phi) is 5.75. The molecule has 0 unspecified atom stereocenters. The molecule has 0 radical (unpaired) electrons. The van der Waals surface area contributed by atoms with Crippen LogP contribution in [0.4, 0.5) is 4.39 Å². The first kappa shape index (κ1) is 15.4. The van der Waals surface area contributed by atoms with Crippen molar-refractivity contribution in [2.24, 2.45) is 10.9 Å². The van der Waals surface area contributed by atoms with Crippen molar-refractivity contribution in [2.75, 3.05) is 13.1 Å². The van der Waals surface area contributed by atoms with Crippen molar-refractivity contribution in [1.29, 1.82) is 0 Å². The van der Waals surface area contributed by atoms with Crippen molar-refractivity contribution in [3.05, 3.63) is 34.1 Å². The smallest absolute Gasteiger partial charge is 0.255 e. The van der Waals surface area contributed by atoms with Crippen LogP contribution in [0.3, 0.4) is 0 Å². The number of carbonyl (C=O) groups excluding carboxylic acids is 1. The number of hydrogen-bond acceptors (Lipinski definition) is 3. The Labute approximate surface area is 119 Å². The number of nitrogens with two attached hydrogens (primary N) is 1. The first-order chi connectivity index (χ1) is 9.01.